The summed E-state index contributed by atoms with van der Waals surface area (Å²) in [5.41, 5.74) is 4.00. The number of allylic oxidation sites excluding steroid dienone is 1. The SMILES string of the molecule is COc1ccc(C(OCC2CC(O)CN2C(=O)CCCCCNC(=O)O[C@H]2CC[C@@]3(C)C(=CC[C@H]4[C@@H]5CC[C@H]([C@H](C)CCCC(C)C)[C@@]5(C)CC[C@@H]43)C2)(c2ccccc2)c2ccc(OC)cc2)cc1. The Labute approximate surface area is 414 Å². The van der Waals surface area contributed by atoms with Crippen LogP contribution in [-0.2, 0) is 19.9 Å². The van der Waals surface area contributed by atoms with Crippen LogP contribution in [0.25, 0.3) is 0 Å². The number of aliphatic hydroxyl groups excluding tert-OH is 1. The van der Waals surface area contributed by atoms with Crippen molar-refractivity contribution in [1.29, 1.82) is 0 Å². The fourth-order valence-corrected chi connectivity index (χ4v) is 14.5. The van der Waals surface area contributed by atoms with Crippen molar-refractivity contribution in [1.82, 2.24) is 10.2 Å². The molecule has 0 radical (unpaired) electrons. The van der Waals surface area contributed by atoms with E-state index in [1.807, 2.05) is 71.6 Å². The normalized spacial score (nSPS) is 29.1. The van der Waals surface area contributed by atoms with Crippen LogP contribution in [0.5, 0.6) is 11.5 Å². The molecule has 3 aromatic rings. The lowest BCUT2D eigenvalue weighted by atomic mass is 9.47. The molecule has 10 atom stereocenters. The Morgan fingerprint density at radius 1 is 0.797 bits per heavy atom. The van der Waals surface area contributed by atoms with Crippen molar-refractivity contribution in [3.8, 4) is 11.5 Å². The lowest BCUT2D eigenvalue weighted by Crippen LogP contribution is -2.51. The van der Waals surface area contributed by atoms with Gasteiger partial charge in [-0.05, 0) is 152 Å². The number of aliphatic hydroxyl groups is 1. The third-order valence-electron chi connectivity index (χ3n) is 18.2. The number of unbranched alkanes of at least 4 members (excludes halogenated alkanes) is 2. The van der Waals surface area contributed by atoms with Crippen LogP contribution in [0.15, 0.2) is 90.5 Å². The third kappa shape index (κ3) is 11.0. The second-order valence-electron chi connectivity index (χ2n) is 22.7. The van der Waals surface area contributed by atoms with Crippen molar-refractivity contribution in [2.45, 2.75) is 161 Å². The van der Waals surface area contributed by atoms with Gasteiger partial charge >= 0.3 is 6.09 Å². The Morgan fingerprint density at radius 3 is 2.14 bits per heavy atom. The van der Waals surface area contributed by atoms with E-state index >= 15 is 0 Å². The number of alkyl carbamates (subject to hydrolysis) is 1. The molecule has 9 heteroatoms. The number of ether oxygens (including phenoxy) is 4. The molecular formula is C60H84N2O7. The zero-order chi connectivity index (χ0) is 48.8. The van der Waals surface area contributed by atoms with E-state index in [4.69, 9.17) is 18.9 Å². The number of methoxy groups -OCH3 is 2. The van der Waals surface area contributed by atoms with Crippen molar-refractivity contribution in [2.75, 3.05) is 33.9 Å². The molecule has 2 amide bonds. The minimum atomic E-state index is -1.02. The van der Waals surface area contributed by atoms with Gasteiger partial charge < -0.3 is 34.3 Å². The molecular weight excluding hydrogens is 861 g/mol. The van der Waals surface area contributed by atoms with Crippen LogP contribution in [0.1, 0.15) is 154 Å². The van der Waals surface area contributed by atoms with Crippen molar-refractivity contribution in [2.24, 2.45) is 46.3 Å². The standard InChI is InChI=1S/C60H84N2O7/c1-41(2)15-14-16-42(3)53-30-31-54-52-29-24-46-37-51(32-34-58(46,4)55(52)33-35-59(53,54)5)69-57(65)61-36-13-9-12-19-56(64)62-39-48(63)38-47(62)40-68-60(43-17-10-8-11-18-43,44-20-25-49(66-6)26-21-44)45-22-27-50(67-7)28-23-45/h8,10-11,17-18,20-28,41-42,47-48,51-55,63H,9,12-16,19,29-40H2,1-7H3,(H,61,65)/t42-,47?,48?,51+,52+,53-,54+,55+,58+,59-/m1/s1. The summed E-state index contributed by atoms with van der Waals surface area (Å²) < 4.78 is 24.2. The van der Waals surface area contributed by atoms with Crippen molar-refractivity contribution < 1.29 is 33.6 Å². The molecule has 2 N–H and O–H groups in total. The maximum Gasteiger partial charge on any atom is 0.407 e. The van der Waals surface area contributed by atoms with Crippen molar-refractivity contribution in [3.05, 3.63) is 107 Å². The smallest absolute Gasteiger partial charge is 0.407 e. The molecule has 376 valence electrons. The van der Waals surface area contributed by atoms with Crippen LogP contribution in [0.2, 0.25) is 0 Å². The average molecular weight is 945 g/mol. The van der Waals surface area contributed by atoms with E-state index in [0.29, 0.717) is 31.2 Å². The molecule has 1 saturated heterocycles. The van der Waals surface area contributed by atoms with Crippen molar-refractivity contribution >= 4 is 12.0 Å². The Morgan fingerprint density at radius 2 is 1.48 bits per heavy atom. The molecule has 9 nitrogen and oxygen atoms in total. The van der Waals surface area contributed by atoms with E-state index in [1.165, 1.54) is 51.4 Å². The van der Waals surface area contributed by atoms with Crippen LogP contribution >= 0.6 is 0 Å². The first-order valence-electron chi connectivity index (χ1n) is 26.9. The zero-order valence-corrected chi connectivity index (χ0v) is 43.1. The van der Waals surface area contributed by atoms with Crippen LogP contribution in [0, 0.1) is 46.3 Å². The fourth-order valence-electron chi connectivity index (χ4n) is 14.5. The summed E-state index contributed by atoms with van der Waals surface area (Å²) in [6, 6.07) is 25.6. The zero-order valence-electron chi connectivity index (χ0n) is 43.1. The number of carbonyl (C=O) groups excluding carboxylic acids is 2. The highest BCUT2D eigenvalue weighted by atomic mass is 16.6. The van der Waals surface area contributed by atoms with Gasteiger partial charge in [-0.2, -0.15) is 0 Å². The number of β-amino-alcohol motifs (C(OH)–C–C–N with tert-alkyl or cyclic N) is 1. The van der Waals surface area contributed by atoms with Crippen LogP contribution < -0.4 is 14.8 Å². The van der Waals surface area contributed by atoms with Gasteiger partial charge in [0.2, 0.25) is 5.91 Å². The molecule has 4 aliphatic carbocycles. The Balaban J connectivity index is 0.800. The van der Waals surface area contributed by atoms with Gasteiger partial charge in [-0.25, -0.2) is 4.79 Å². The van der Waals surface area contributed by atoms with Gasteiger partial charge in [0.15, 0.2) is 0 Å². The molecule has 1 heterocycles. The lowest BCUT2D eigenvalue weighted by molar-refractivity contribution is -0.134. The molecule has 1 aliphatic heterocycles. The van der Waals surface area contributed by atoms with E-state index in [2.05, 4.69) is 58.1 Å². The van der Waals surface area contributed by atoms with Crippen LogP contribution in [0.3, 0.4) is 0 Å². The Kier molecular flexibility index (Phi) is 16.6. The molecule has 3 aromatic carbocycles. The summed E-state index contributed by atoms with van der Waals surface area (Å²) in [7, 11) is 3.30. The summed E-state index contributed by atoms with van der Waals surface area (Å²) >= 11 is 0. The van der Waals surface area contributed by atoms with E-state index in [0.717, 1.165) is 95.8 Å². The third-order valence-corrected chi connectivity index (χ3v) is 18.2. The maximum atomic E-state index is 13.8. The largest absolute Gasteiger partial charge is 0.497 e. The van der Waals surface area contributed by atoms with E-state index in [9.17, 15) is 14.7 Å². The summed E-state index contributed by atoms with van der Waals surface area (Å²) in [4.78, 5) is 28.7. The van der Waals surface area contributed by atoms with Gasteiger partial charge in [0.1, 0.15) is 23.2 Å². The number of amides is 2. The van der Waals surface area contributed by atoms with Gasteiger partial charge in [0.25, 0.3) is 0 Å². The summed E-state index contributed by atoms with van der Waals surface area (Å²) in [6.07, 6.45) is 18.4. The number of hydrogen-bond donors (Lipinski definition) is 2. The second-order valence-corrected chi connectivity index (χ2v) is 22.7. The Hall–Kier alpha value is -4.34. The topological polar surface area (TPSA) is 107 Å². The van der Waals surface area contributed by atoms with Gasteiger partial charge in [-0.1, -0.05) is 127 Å². The summed E-state index contributed by atoms with van der Waals surface area (Å²) in [6.45, 7) is 13.5. The molecule has 8 rings (SSSR count). The monoisotopic (exact) mass is 945 g/mol. The number of hydrogen-bond acceptors (Lipinski definition) is 7. The minimum absolute atomic E-state index is 0.0103. The molecule has 0 spiro atoms. The highest BCUT2D eigenvalue weighted by molar-refractivity contribution is 5.77. The molecule has 69 heavy (non-hydrogen) atoms. The molecule has 2 unspecified atom stereocenters. The fraction of sp³-hybridized carbons (Fsp3) is 0.633. The van der Waals surface area contributed by atoms with Crippen LogP contribution in [-0.4, -0.2) is 74.2 Å². The minimum Gasteiger partial charge on any atom is -0.497 e. The number of fused-ring (bicyclic) bond motifs is 5. The summed E-state index contributed by atoms with van der Waals surface area (Å²) in [5, 5.41) is 13.9. The number of rotatable bonds is 20. The maximum absolute atomic E-state index is 13.8. The highest BCUT2D eigenvalue weighted by Gasteiger charge is 2.59. The number of carbonyl (C=O) groups is 2. The first-order valence-corrected chi connectivity index (χ1v) is 26.9. The molecule has 0 bridgehead atoms. The molecule has 5 aliphatic rings. The highest BCUT2D eigenvalue weighted by Crippen LogP contribution is 2.67. The molecule has 3 saturated carbocycles. The predicted octanol–water partition coefficient (Wildman–Crippen LogP) is 12.7. The van der Waals surface area contributed by atoms with E-state index < -0.39 is 11.7 Å². The van der Waals surface area contributed by atoms with Gasteiger partial charge in [0.05, 0.1) is 33.0 Å². The van der Waals surface area contributed by atoms with Gasteiger partial charge in [0, 0.05) is 25.9 Å². The molecule has 0 aromatic heterocycles. The van der Waals surface area contributed by atoms with Crippen LogP contribution in [0.4, 0.5) is 4.79 Å². The van der Waals surface area contributed by atoms with Gasteiger partial charge in [-0.3, -0.25) is 4.79 Å². The average Bonchev–Trinajstić information content (AvgIpc) is 3.92. The quantitative estimate of drug-likeness (QED) is 0.0660. The number of benzene rings is 3. The van der Waals surface area contributed by atoms with Gasteiger partial charge in [-0.15, -0.1) is 0 Å². The first kappa shape index (κ1) is 51.0. The Bertz CT molecular complexity index is 2130. The first-order chi connectivity index (χ1) is 33.3. The van der Waals surface area contributed by atoms with E-state index in [1.54, 1.807) is 19.8 Å². The predicted molar refractivity (Wildman–Crippen MR) is 274 cm³/mol. The van der Waals surface area contributed by atoms with Crippen molar-refractivity contribution in [3.63, 3.8) is 0 Å². The summed E-state index contributed by atoms with van der Waals surface area (Å²) in [5.74, 6) is 6.37. The molecule has 4 fully saturated rings. The number of nitrogens with zero attached hydrogens (tertiary/aromatic N) is 1. The second kappa shape index (κ2) is 22.4. The lowest BCUT2D eigenvalue weighted by Gasteiger charge is -2.58. The number of nitrogens with one attached hydrogen (secondary N) is 1. The number of likely N-dealkylation sites (tertiary alicyclic amines) is 1. The van der Waals surface area contributed by atoms with E-state index in [-0.39, 0.29) is 42.7 Å².